The van der Waals surface area contributed by atoms with Crippen LogP contribution in [0.1, 0.15) is 12.8 Å². The lowest BCUT2D eigenvalue weighted by atomic mass is 10.2. The molecule has 0 spiro atoms. The molecule has 6 nitrogen and oxygen atoms in total. The van der Waals surface area contributed by atoms with Crippen molar-refractivity contribution in [2.45, 2.75) is 25.9 Å². The highest BCUT2D eigenvalue weighted by Crippen LogP contribution is 2.32. The average Bonchev–Trinajstić information content (AvgIpc) is 3.06. The Bertz CT molecular complexity index is 1090. The first-order valence-electron chi connectivity index (χ1n) is 9.08. The SMILES string of the molecule is O=C(Cn1ccc(-c2ccsc2)n1)Nc1nn(CC2CC2)c2ccccc12. The first kappa shape index (κ1) is 16.3. The number of benzene rings is 1. The lowest BCUT2D eigenvalue weighted by Crippen LogP contribution is -2.19. The summed E-state index contributed by atoms with van der Waals surface area (Å²) >= 11 is 1.63. The summed E-state index contributed by atoms with van der Waals surface area (Å²) < 4.78 is 3.68. The maximum Gasteiger partial charge on any atom is 0.247 e. The van der Waals surface area contributed by atoms with E-state index in [4.69, 9.17) is 0 Å². The summed E-state index contributed by atoms with van der Waals surface area (Å²) in [4.78, 5) is 12.5. The van der Waals surface area contributed by atoms with E-state index in [-0.39, 0.29) is 12.5 Å². The van der Waals surface area contributed by atoms with Gasteiger partial charge >= 0.3 is 0 Å². The van der Waals surface area contributed by atoms with E-state index in [1.54, 1.807) is 16.0 Å². The topological polar surface area (TPSA) is 64.7 Å². The Morgan fingerprint density at radius 1 is 1.19 bits per heavy atom. The molecule has 3 heterocycles. The lowest BCUT2D eigenvalue weighted by Gasteiger charge is -2.03. The molecule has 1 N–H and O–H groups in total. The highest BCUT2D eigenvalue weighted by Gasteiger charge is 2.24. The van der Waals surface area contributed by atoms with Crippen molar-refractivity contribution >= 4 is 34.0 Å². The number of nitrogens with one attached hydrogen (secondary N) is 1. The number of amides is 1. The summed E-state index contributed by atoms with van der Waals surface area (Å²) in [5.41, 5.74) is 3.02. The fourth-order valence-corrected chi connectivity index (χ4v) is 3.89. The maximum absolute atomic E-state index is 12.5. The Kier molecular flexibility index (Phi) is 4.01. The summed E-state index contributed by atoms with van der Waals surface area (Å²) in [6.07, 6.45) is 4.36. The summed E-state index contributed by atoms with van der Waals surface area (Å²) in [5, 5.41) is 17.1. The molecule has 136 valence electrons. The molecule has 1 fully saturated rings. The molecule has 1 aliphatic rings. The van der Waals surface area contributed by atoms with Crippen LogP contribution in [0.2, 0.25) is 0 Å². The Balaban J connectivity index is 1.33. The van der Waals surface area contributed by atoms with Gasteiger partial charge in [-0.05, 0) is 48.4 Å². The Morgan fingerprint density at radius 3 is 2.89 bits per heavy atom. The van der Waals surface area contributed by atoms with Gasteiger partial charge in [-0.2, -0.15) is 21.5 Å². The zero-order chi connectivity index (χ0) is 18.2. The predicted octanol–water partition coefficient (Wildman–Crippen LogP) is 4.01. The minimum Gasteiger partial charge on any atom is -0.307 e. The average molecular weight is 377 g/mol. The number of fused-ring (bicyclic) bond motifs is 1. The van der Waals surface area contributed by atoms with E-state index < -0.39 is 0 Å². The van der Waals surface area contributed by atoms with Crippen molar-refractivity contribution in [1.82, 2.24) is 19.6 Å². The summed E-state index contributed by atoms with van der Waals surface area (Å²) in [7, 11) is 0. The van der Waals surface area contributed by atoms with E-state index >= 15 is 0 Å². The van der Waals surface area contributed by atoms with Gasteiger partial charge in [0, 0.05) is 29.1 Å². The van der Waals surface area contributed by atoms with Gasteiger partial charge in [-0.15, -0.1) is 0 Å². The molecule has 7 heteroatoms. The predicted molar refractivity (Wildman–Crippen MR) is 107 cm³/mol. The normalized spacial score (nSPS) is 13.9. The second kappa shape index (κ2) is 6.66. The van der Waals surface area contributed by atoms with Gasteiger partial charge in [-0.25, -0.2) is 0 Å². The maximum atomic E-state index is 12.5. The van der Waals surface area contributed by atoms with Crippen LogP contribution in [-0.4, -0.2) is 25.5 Å². The zero-order valence-corrected chi connectivity index (χ0v) is 15.5. The molecule has 0 unspecified atom stereocenters. The third-order valence-corrected chi connectivity index (χ3v) is 5.49. The first-order valence-corrected chi connectivity index (χ1v) is 10.0. The fourth-order valence-electron chi connectivity index (χ4n) is 3.24. The first-order chi connectivity index (χ1) is 13.3. The van der Waals surface area contributed by atoms with Gasteiger partial charge in [-0.1, -0.05) is 12.1 Å². The smallest absolute Gasteiger partial charge is 0.247 e. The molecule has 0 aliphatic heterocycles. The van der Waals surface area contributed by atoms with Gasteiger partial charge in [0.05, 0.1) is 11.2 Å². The highest BCUT2D eigenvalue weighted by molar-refractivity contribution is 7.08. The van der Waals surface area contributed by atoms with Crippen LogP contribution in [0.3, 0.4) is 0 Å². The molecule has 0 radical (unpaired) electrons. The quantitative estimate of drug-likeness (QED) is 0.552. The van der Waals surface area contributed by atoms with Gasteiger partial charge in [0.1, 0.15) is 6.54 Å². The molecule has 0 atom stereocenters. The van der Waals surface area contributed by atoms with E-state index in [1.165, 1.54) is 12.8 Å². The third kappa shape index (κ3) is 3.38. The number of carbonyl (C=O) groups is 1. The van der Waals surface area contributed by atoms with Crippen LogP contribution < -0.4 is 5.32 Å². The van der Waals surface area contributed by atoms with Gasteiger partial charge < -0.3 is 5.32 Å². The Hall–Kier alpha value is -2.93. The number of anilines is 1. The highest BCUT2D eigenvalue weighted by atomic mass is 32.1. The van der Waals surface area contributed by atoms with Gasteiger partial charge in [0.25, 0.3) is 0 Å². The molecule has 0 saturated heterocycles. The largest absolute Gasteiger partial charge is 0.307 e. The van der Waals surface area contributed by atoms with E-state index in [0.29, 0.717) is 5.82 Å². The van der Waals surface area contributed by atoms with Crippen LogP contribution in [-0.2, 0) is 17.9 Å². The monoisotopic (exact) mass is 377 g/mol. The number of para-hydroxylation sites is 1. The van der Waals surface area contributed by atoms with Crippen LogP contribution in [0.15, 0.2) is 53.4 Å². The van der Waals surface area contributed by atoms with Crippen molar-refractivity contribution in [3.05, 3.63) is 53.4 Å². The number of thiophene rings is 1. The lowest BCUT2D eigenvalue weighted by molar-refractivity contribution is -0.116. The molecule has 1 aromatic carbocycles. The molecule has 1 aliphatic carbocycles. The van der Waals surface area contributed by atoms with E-state index in [9.17, 15) is 4.79 Å². The number of hydrogen-bond acceptors (Lipinski definition) is 4. The van der Waals surface area contributed by atoms with Crippen LogP contribution in [0.4, 0.5) is 5.82 Å². The number of hydrogen-bond donors (Lipinski definition) is 1. The van der Waals surface area contributed by atoms with Crippen molar-refractivity contribution in [2.75, 3.05) is 5.32 Å². The molecule has 4 aromatic rings. The Morgan fingerprint density at radius 2 is 2.07 bits per heavy atom. The van der Waals surface area contributed by atoms with Crippen LogP contribution >= 0.6 is 11.3 Å². The molecule has 0 bridgehead atoms. The Labute approximate surface area is 160 Å². The van der Waals surface area contributed by atoms with Crippen molar-refractivity contribution in [3.8, 4) is 11.3 Å². The van der Waals surface area contributed by atoms with Crippen molar-refractivity contribution in [2.24, 2.45) is 5.92 Å². The summed E-state index contributed by atoms with van der Waals surface area (Å²) in [6, 6.07) is 12.0. The van der Waals surface area contributed by atoms with Gasteiger partial charge in [-0.3, -0.25) is 14.2 Å². The zero-order valence-electron chi connectivity index (χ0n) is 14.7. The van der Waals surface area contributed by atoms with E-state index in [2.05, 4.69) is 21.6 Å². The third-order valence-electron chi connectivity index (χ3n) is 4.81. The molecule has 5 rings (SSSR count). The standard InChI is InChI=1S/C20H19N5OS/c26-19(12-24-9-7-17(22-24)15-8-10-27-13-15)21-20-16-3-1-2-4-18(16)25(23-20)11-14-5-6-14/h1-4,7-10,13-14H,5-6,11-12H2,(H,21,23,26). The van der Waals surface area contributed by atoms with Crippen LogP contribution in [0.5, 0.6) is 0 Å². The molecular weight excluding hydrogens is 358 g/mol. The fraction of sp³-hybridized carbons (Fsp3) is 0.250. The van der Waals surface area contributed by atoms with E-state index in [1.807, 2.05) is 52.0 Å². The minimum absolute atomic E-state index is 0.128. The number of aromatic nitrogens is 4. The molecule has 1 saturated carbocycles. The number of carbonyl (C=O) groups excluding carboxylic acids is 1. The summed E-state index contributed by atoms with van der Waals surface area (Å²) in [6.45, 7) is 1.08. The van der Waals surface area contributed by atoms with Crippen molar-refractivity contribution < 1.29 is 4.79 Å². The van der Waals surface area contributed by atoms with Crippen LogP contribution in [0.25, 0.3) is 22.2 Å². The van der Waals surface area contributed by atoms with Gasteiger partial charge in [0.15, 0.2) is 5.82 Å². The number of nitrogens with zero attached hydrogens (tertiary/aromatic N) is 4. The van der Waals surface area contributed by atoms with E-state index in [0.717, 1.165) is 34.6 Å². The van der Waals surface area contributed by atoms with Crippen molar-refractivity contribution in [1.29, 1.82) is 0 Å². The molecular formula is C20H19N5OS. The van der Waals surface area contributed by atoms with Crippen molar-refractivity contribution in [3.63, 3.8) is 0 Å². The summed E-state index contributed by atoms with van der Waals surface area (Å²) in [5.74, 6) is 1.22. The second-order valence-corrected chi connectivity index (χ2v) is 7.73. The van der Waals surface area contributed by atoms with Gasteiger partial charge in [0.2, 0.25) is 5.91 Å². The molecule has 27 heavy (non-hydrogen) atoms. The molecule has 3 aromatic heterocycles. The van der Waals surface area contributed by atoms with Crippen LogP contribution in [0, 0.1) is 5.92 Å². The second-order valence-electron chi connectivity index (χ2n) is 6.95. The minimum atomic E-state index is -0.128. The number of rotatable bonds is 6. The molecule has 1 amide bonds.